The molecule has 25 nitrogen and oxygen atoms in total. The highest BCUT2D eigenvalue weighted by Gasteiger charge is 2.37. The first-order valence-corrected chi connectivity index (χ1v) is 33.8. The fourth-order valence-corrected chi connectivity index (χ4v) is 13.1. The van der Waals surface area contributed by atoms with Gasteiger partial charge in [-0.1, -0.05) is 99.9 Å². The van der Waals surface area contributed by atoms with Crippen molar-refractivity contribution in [3.05, 3.63) is 160 Å². The SMILES string of the molecule is CNCCCC[C@@H]1NC(=O)[C@@H](Cc2ccc(C(N)=O)cc2)NC(=O)[C@H](Cc2ccc(O)cc2)NC(=O)[C@H](NC(=O)[C@H](Cc2ccc(Cl)cc2)NC(=O)CS(=O)(=O)c2ccccc2)CSSC[C@@H](C(=O)N[C@H](Cc2ccc(O)cc2)C(C)=O)NC(=O)[C@H]([C@@H](C)O)NC1=O. The second-order valence-corrected chi connectivity index (χ2v) is 26.9. The van der Waals surface area contributed by atoms with Crippen molar-refractivity contribution < 1.29 is 71.7 Å². The number of Topliss-reactive ketones (excluding diaryl/α,β-unsaturated/α-hetero) is 1. The molecule has 0 unspecified atom stereocenters. The number of phenolic OH excluding ortho intramolecular Hbond substituents is 2. The number of nitrogens with two attached hydrogens (primary N) is 1. The lowest BCUT2D eigenvalue weighted by molar-refractivity contribution is -0.136. The zero-order chi connectivity index (χ0) is 67.1. The van der Waals surface area contributed by atoms with Crippen LogP contribution in [0.15, 0.2) is 132 Å². The van der Waals surface area contributed by atoms with Gasteiger partial charge in [0.15, 0.2) is 15.6 Å². The lowest BCUT2D eigenvalue weighted by Gasteiger charge is -2.29. The minimum atomic E-state index is -4.25. The summed E-state index contributed by atoms with van der Waals surface area (Å²) < 4.78 is 26.8. The molecule has 1 fully saturated rings. The van der Waals surface area contributed by atoms with Gasteiger partial charge in [0.2, 0.25) is 53.2 Å². The number of primary amides is 1. The summed E-state index contributed by atoms with van der Waals surface area (Å²) in [6.07, 6.45) is -1.80. The number of ketones is 1. The zero-order valence-corrected chi connectivity index (χ0v) is 53.7. The van der Waals surface area contributed by atoms with Crippen LogP contribution in [0, 0.1) is 0 Å². The van der Waals surface area contributed by atoms with E-state index in [1.807, 2.05) is 0 Å². The summed E-state index contributed by atoms with van der Waals surface area (Å²) in [5, 5.41) is 55.6. The van der Waals surface area contributed by atoms with E-state index in [-0.39, 0.29) is 59.8 Å². The predicted molar refractivity (Wildman–Crippen MR) is 346 cm³/mol. The molecule has 0 aliphatic carbocycles. The van der Waals surface area contributed by atoms with Crippen molar-refractivity contribution >= 4 is 102 Å². The van der Waals surface area contributed by atoms with Gasteiger partial charge in [0, 0.05) is 41.4 Å². The Hall–Kier alpha value is -8.54. The maximum Gasteiger partial charge on any atom is 0.248 e. The van der Waals surface area contributed by atoms with Gasteiger partial charge in [0.05, 0.1) is 17.0 Å². The molecule has 0 spiro atoms. The summed E-state index contributed by atoms with van der Waals surface area (Å²) in [7, 11) is -0.767. The molecule has 1 saturated heterocycles. The van der Waals surface area contributed by atoms with Crippen LogP contribution in [0.2, 0.25) is 5.02 Å². The number of carbonyl (C=O) groups excluding carboxylic acids is 10. The van der Waals surface area contributed by atoms with E-state index in [0.29, 0.717) is 46.7 Å². The monoisotopic (exact) mass is 1340 g/mol. The molecule has 0 aromatic heterocycles. The molecule has 29 heteroatoms. The normalized spacial score (nSPS) is 19.8. The number of amides is 9. The number of aliphatic hydroxyl groups excluding tert-OH is 1. The van der Waals surface area contributed by atoms with Gasteiger partial charge in [0.25, 0.3) is 0 Å². The molecule has 492 valence electrons. The molecule has 14 N–H and O–H groups in total. The van der Waals surface area contributed by atoms with Crippen LogP contribution in [0.3, 0.4) is 0 Å². The van der Waals surface area contributed by atoms with Crippen LogP contribution < -0.4 is 53.6 Å². The number of halogens is 1. The number of rotatable bonds is 24. The van der Waals surface area contributed by atoms with Gasteiger partial charge in [-0.15, -0.1) is 0 Å². The summed E-state index contributed by atoms with van der Waals surface area (Å²) in [6, 6.07) is 18.1. The number of nitrogens with one attached hydrogen (secondary N) is 9. The number of aromatic hydroxyl groups is 2. The standard InChI is InChI=1S/C63H75ClN10O15S3/c1-36(75)48(29-40-16-24-44(77)25-17-40)69-61(85)53-34-91-90-33-52(72-58(82)49(30-39-14-22-43(64)23-15-39)67-54(79)35-92(88,89)46-9-5-4-6-10-46)62(86)71-51(32-41-18-26-45(78)27-19-41)60(84)70-50(31-38-12-20-42(21-13-38)56(65)80)59(83)68-47(11-7-8-28-66-3)57(81)74-55(37(2)76)63(87)73-53/h4-6,9-10,12-27,37,47-53,55,66,76-78H,7-8,11,28-35H2,1-3H3,(H2,65,80)(H,67,79)(H,68,83)(H,69,85)(H,70,84)(H,71,86)(H,72,82)(H,73,87)(H,74,81)/t37-,47+,48-,49+,50-,51+,52-,53+,55+/m1/s1. The van der Waals surface area contributed by atoms with Crippen LogP contribution in [-0.4, -0.2) is 168 Å². The first-order chi connectivity index (χ1) is 43.8. The van der Waals surface area contributed by atoms with Crippen LogP contribution in [-0.2, 0) is 78.7 Å². The molecule has 5 aromatic carbocycles. The Labute approximate surface area is 545 Å². The van der Waals surface area contributed by atoms with E-state index in [2.05, 4.69) is 47.9 Å². The molecule has 92 heavy (non-hydrogen) atoms. The molecule has 0 bridgehead atoms. The second kappa shape index (κ2) is 35.3. The number of phenols is 2. The van der Waals surface area contributed by atoms with E-state index >= 15 is 9.59 Å². The molecule has 5 aromatic rings. The van der Waals surface area contributed by atoms with Gasteiger partial charge in [-0.2, -0.15) is 0 Å². The molecule has 1 aliphatic rings. The number of sulfone groups is 1. The smallest absolute Gasteiger partial charge is 0.248 e. The largest absolute Gasteiger partial charge is 0.508 e. The summed E-state index contributed by atoms with van der Waals surface area (Å²) in [5.74, 6) is -11.2. The van der Waals surface area contributed by atoms with Gasteiger partial charge in [-0.3, -0.25) is 47.9 Å². The predicted octanol–water partition coefficient (Wildman–Crippen LogP) is 1.23. The lowest BCUT2D eigenvalue weighted by Crippen LogP contribution is -2.62. The van der Waals surface area contributed by atoms with Gasteiger partial charge >= 0.3 is 0 Å². The number of aliphatic hydroxyl groups is 1. The number of hydrogen-bond donors (Lipinski definition) is 13. The maximum absolute atomic E-state index is 15.1. The fourth-order valence-electron chi connectivity index (χ4n) is 9.48. The van der Waals surface area contributed by atoms with E-state index in [0.717, 1.165) is 21.6 Å². The van der Waals surface area contributed by atoms with Gasteiger partial charge < -0.3 is 68.9 Å². The third-order valence-electron chi connectivity index (χ3n) is 14.6. The molecule has 0 radical (unpaired) electrons. The minimum Gasteiger partial charge on any atom is -0.508 e. The van der Waals surface area contributed by atoms with Crippen molar-refractivity contribution in [1.29, 1.82) is 0 Å². The maximum atomic E-state index is 15.1. The molecule has 6 rings (SSSR count). The number of hydrogen-bond acceptors (Lipinski definition) is 18. The molecular weight excluding hydrogens is 1270 g/mol. The Kier molecular flexibility index (Phi) is 27.8. The first kappa shape index (κ1) is 72.5. The molecule has 1 heterocycles. The van der Waals surface area contributed by atoms with Crippen LogP contribution >= 0.6 is 33.2 Å². The zero-order valence-electron chi connectivity index (χ0n) is 50.5. The molecular formula is C63H75ClN10O15S3. The van der Waals surface area contributed by atoms with Crippen LogP contribution in [0.4, 0.5) is 0 Å². The molecule has 0 saturated carbocycles. The average molecular weight is 1340 g/mol. The molecule has 9 atom stereocenters. The van der Waals surface area contributed by atoms with E-state index < -0.39 is 135 Å². The van der Waals surface area contributed by atoms with E-state index in [9.17, 15) is 62.1 Å². The topological polar surface area (TPSA) is 400 Å². The van der Waals surface area contributed by atoms with Gasteiger partial charge in [-0.05, 0) is 136 Å². The fraction of sp³-hybridized carbons (Fsp3) is 0.365. The number of benzene rings is 5. The highest BCUT2D eigenvalue weighted by atomic mass is 35.5. The third-order valence-corrected chi connectivity index (χ3v) is 18.9. The highest BCUT2D eigenvalue weighted by Crippen LogP contribution is 2.25. The van der Waals surface area contributed by atoms with Crippen LogP contribution in [0.1, 0.15) is 65.7 Å². The van der Waals surface area contributed by atoms with Crippen molar-refractivity contribution in [3.8, 4) is 11.5 Å². The van der Waals surface area contributed by atoms with E-state index in [1.54, 1.807) is 37.4 Å². The second-order valence-electron chi connectivity index (χ2n) is 21.9. The molecule has 1 aliphatic heterocycles. The summed E-state index contributed by atoms with van der Waals surface area (Å²) in [5.41, 5.74) is 7.39. The van der Waals surface area contributed by atoms with Gasteiger partial charge in [-0.25, -0.2) is 8.42 Å². The Morgan fingerprint density at radius 2 is 1.14 bits per heavy atom. The lowest BCUT2D eigenvalue weighted by atomic mass is 10.00. The van der Waals surface area contributed by atoms with Crippen LogP contribution in [0.25, 0.3) is 0 Å². The summed E-state index contributed by atoms with van der Waals surface area (Å²) in [6.45, 7) is 2.94. The van der Waals surface area contributed by atoms with Crippen molar-refractivity contribution in [1.82, 2.24) is 47.9 Å². The summed E-state index contributed by atoms with van der Waals surface area (Å²) >= 11 is 6.19. The van der Waals surface area contributed by atoms with Crippen LogP contribution in [0.5, 0.6) is 11.5 Å². The third kappa shape index (κ3) is 23.0. The van der Waals surface area contributed by atoms with E-state index in [4.69, 9.17) is 17.3 Å². The van der Waals surface area contributed by atoms with Crippen molar-refractivity contribution in [3.63, 3.8) is 0 Å². The van der Waals surface area contributed by atoms with E-state index in [1.165, 1.54) is 111 Å². The van der Waals surface area contributed by atoms with Gasteiger partial charge in [0.1, 0.15) is 59.5 Å². The Morgan fingerprint density at radius 1 is 0.630 bits per heavy atom. The van der Waals surface area contributed by atoms with Crippen molar-refractivity contribution in [2.45, 2.75) is 118 Å². The highest BCUT2D eigenvalue weighted by molar-refractivity contribution is 8.76. The average Bonchev–Trinajstić information content (AvgIpc) is 3.73. The Morgan fingerprint density at radius 3 is 1.70 bits per heavy atom. The van der Waals surface area contributed by atoms with Crippen molar-refractivity contribution in [2.24, 2.45) is 5.73 Å². The molecule has 9 amide bonds. The first-order valence-electron chi connectivity index (χ1n) is 29.2. The number of carbonyl (C=O) groups is 10. The number of unbranched alkanes of at least 4 members (excludes halogenated alkanes) is 1. The minimum absolute atomic E-state index is 0.0442. The Bertz CT molecular complexity index is 3500. The Balaban J connectivity index is 1.44. The van der Waals surface area contributed by atoms with Crippen molar-refractivity contribution in [2.75, 3.05) is 30.9 Å². The summed E-state index contributed by atoms with van der Waals surface area (Å²) in [4.78, 5) is 142. The quantitative estimate of drug-likeness (QED) is 0.0305.